The largest absolute Gasteiger partial charge is 0.327 e. The first-order valence-electron chi connectivity index (χ1n) is 6.87. The fraction of sp³-hybridized carbons (Fsp3) is 0.625. The first-order chi connectivity index (χ1) is 8.64. The molecule has 1 rings (SSSR count). The van der Waals surface area contributed by atoms with Crippen molar-refractivity contribution >= 4 is 11.6 Å². The van der Waals surface area contributed by atoms with Gasteiger partial charge in [0.2, 0.25) is 0 Å². The van der Waals surface area contributed by atoms with E-state index in [1.807, 2.05) is 18.2 Å². The van der Waals surface area contributed by atoms with Gasteiger partial charge in [-0.1, -0.05) is 44.5 Å². The minimum atomic E-state index is 0.117. The monoisotopic (exact) mass is 282 g/mol. The molecule has 0 aliphatic carbocycles. The zero-order valence-electron chi connectivity index (χ0n) is 12.9. The highest BCUT2D eigenvalue weighted by molar-refractivity contribution is 6.30. The second-order valence-corrected chi connectivity index (χ2v) is 7.00. The molecule has 3 heteroatoms. The molecule has 2 N–H and O–H groups in total. The number of nitrogens with two attached hydrogens (primary N) is 1. The molecule has 0 radical (unpaired) electrons. The van der Waals surface area contributed by atoms with Crippen LogP contribution < -0.4 is 5.73 Å². The number of nitrogens with zero attached hydrogens (tertiary/aromatic N) is 1. The first-order valence-corrected chi connectivity index (χ1v) is 7.25. The van der Waals surface area contributed by atoms with E-state index >= 15 is 0 Å². The van der Waals surface area contributed by atoms with Gasteiger partial charge in [-0.2, -0.15) is 0 Å². The van der Waals surface area contributed by atoms with E-state index in [2.05, 4.69) is 52.6 Å². The van der Waals surface area contributed by atoms with Gasteiger partial charge in [0.1, 0.15) is 0 Å². The molecule has 3 atom stereocenters. The quantitative estimate of drug-likeness (QED) is 0.901. The predicted octanol–water partition coefficient (Wildman–Crippen LogP) is 4.09. The highest BCUT2D eigenvalue weighted by Gasteiger charge is 2.33. The van der Waals surface area contributed by atoms with Crippen molar-refractivity contribution in [1.82, 2.24) is 4.90 Å². The summed E-state index contributed by atoms with van der Waals surface area (Å²) in [5, 5.41) is 0.783. The Kier molecular flexibility index (Phi) is 5.43. The summed E-state index contributed by atoms with van der Waals surface area (Å²) in [6.07, 6.45) is 0. The highest BCUT2D eigenvalue weighted by Crippen LogP contribution is 2.32. The molecule has 0 saturated heterocycles. The summed E-state index contributed by atoms with van der Waals surface area (Å²) >= 11 is 6.08. The molecule has 0 amide bonds. The van der Waals surface area contributed by atoms with E-state index in [4.69, 9.17) is 17.3 Å². The molecule has 2 nitrogen and oxygen atoms in total. The third kappa shape index (κ3) is 4.20. The van der Waals surface area contributed by atoms with E-state index in [1.54, 1.807) is 0 Å². The van der Waals surface area contributed by atoms with Gasteiger partial charge in [0.15, 0.2) is 0 Å². The molecule has 0 aliphatic rings. The molecule has 108 valence electrons. The van der Waals surface area contributed by atoms with Crippen LogP contribution in [0.15, 0.2) is 24.3 Å². The van der Waals surface area contributed by atoms with Gasteiger partial charge < -0.3 is 5.73 Å². The molecule has 0 aromatic heterocycles. The maximum absolute atomic E-state index is 6.20. The first kappa shape index (κ1) is 16.5. The molecule has 0 spiro atoms. The third-order valence-electron chi connectivity index (χ3n) is 3.77. The van der Waals surface area contributed by atoms with Crippen molar-refractivity contribution in [3.05, 3.63) is 34.9 Å². The van der Waals surface area contributed by atoms with Crippen molar-refractivity contribution in [2.24, 2.45) is 11.1 Å². The fourth-order valence-electron chi connectivity index (χ4n) is 3.01. The average molecular weight is 283 g/mol. The van der Waals surface area contributed by atoms with Crippen molar-refractivity contribution in [2.45, 2.75) is 52.7 Å². The molecule has 19 heavy (non-hydrogen) atoms. The Bertz CT molecular complexity index is 409. The number of benzene rings is 1. The van der Waals surface area contributed by atoms with Crippen LogP contribution in [0.25, 0.3) is 0 Å². The van der Waals surface area contributed by atoms with Gasteiger partial charge in [-0.3, -0.25) is 4.90 Å². The number of hydrogen-bond acceptors (Lipinski definition) is 2. The Morgan fingerprint density at radius 1 is 1.21 bits per heavy atom. The Morgan fingerprint density at radius 2 is 1.79 bits per heavy atom. The van der Waals surface area contributed by atoms with Crippen LogP contribution in [0.3, 0.4) is 0 Å². The Balaban J connectivity index is 3.00. The summed E-state index contributed by atoms with van der Waals surface area (Å²) in [5.41, 5.74) is 7.56. The van der Waals surface area contributed by atoms with Crippen LogP contribution in [0.5, 0.6) is 0 Å². The minimum absolute atomic E-state index is 0.117. The standard InChI is InChI=1S/C16H27ClN2/c1-11(18)15(16(3,4)5)19(6)12(2)13-8-7-9-14(17)10-13/h7-12,15H,18H2,1-6H3. The van der Waals surface area contributed by atoms with E-state index in [9.17, 15) is 0 Å². The lowest BCUT2D eigenvalue weighted by Gasteiger charge is -2.43. The van der Waals surface area contributed by atoms with Crippen LogP contribution >= 0.6 is 11.6 Å². The topological polar surface area (TPSA) is 29.3 Å². The van der Waals surface area contributed by atoms with Gasteiger partial charge in [-0.05, 0) is 44.0 Å². The van der Waals surface area contributed by atoms with Crippen LogP contribution in [0.2, 0.25) is 5.02 Å². The number of hydrogen-bond donors (Lipinski definition) is 1. The van der Waals surface area contributed by atoms with Gasteiger partial charge in [0, 0.05) is 23.1 Å². The summed E-state index contributed by atoms with van der Waals surface area (Å²) in [6.45, 7) is 11.0. The van der Waals surface area contributed by atoms with Crippen molar-refractivity contribution in [3.63, 3.8) is 0 Å². The molecule has 0 heterocycles. The lowest BCUT2D eigenvalue weighted by molar-refractivity contribution is 0.0744. The van der Waals surface area contributed by atoms with Crippen molar-refractivity contribution in [1.29, 1.82) is 0 Å². The van der Waals surface area contributed by atoms with Gasteiger partial charge >= 0.3 is 0 Å². The van der Waals surface area contributed by atoms with Crippen LogP contribution in [0.1, 0.15) is 46.2 Å². The SMILES string of the molecule is CC(N)C(N(C)C(C)c1cccc(Cl)c1)C(C)(C)C. The van der Waals surface area contributed by atoms with E-state index < -0.39 is 0 Å². The minimum Gasteiger partial charge on any atom is -0.327 e. The lowest BCUT2D eigenvalue weighted by Crippen LogP contribution is -2.52. The normalized spacial score (nSPS) is 17.3. The van der Waals surface area contributed by atoms with E-state index in [1.165, 1.54) is 5.56 Å². The van der Waals surface area contributed by atoms with Gasteiger partial charge in [-0.25, -0.2) is 0 Å². The second kappa shape index (κ2) is 6.25. The van der Waals surface area contributed by atoms with Gasteiger partial charge in [0.25, 0.3) is 0 Å². The van der Waals surface area contributed by atoms with Crippen molar-refractivity contribution in [2.75, 3.05) is 7.05 Å². The highest BCUT2D eigenvalue weighted by atomic mass is 35.5. The molecule has 3 unspecified atom stereocenters. The molecular weight excluding hydrogens is 256 g/mol. The molecule has 0 bridgehead atoms. The molecule has 1 aromatic rings. The fourth-order valence-corrected chi connectivity index (χ4v) is 3.21. The van der Waals surface area contributed by atoms with Crippen LogP contribution in [0.4, 0.5) is 0 Å². The third-order valence-corrected chi connectivity index (χ3v) is 4.00. The maximum Gasteiger partial charge on any atom is 0.0409 e. The van der Waals surface area contributed by atoms with Gasteiger partial charge in [0.05, 0.1) is 0 Å². The average Bonchev–Trinajstić information content (AvgIpc) is 2.25. The predicted molar refractivity (Wildman–Crippen MR) is 84.5 cm³/mol. The summed E-state index contributed by atoms with van der Waals surface area (Å²) in [4.78, 5) is 2.36. The van der Waals surface area contributed by atoms with E-state index in [0.29, 0.717) is 6.04 Å². The zero-order chi connectivity index (χ0) is 14.8. The smallest absolute Gasteiger partial charge is 0.0409 e. The molecular formula is C16H27ClN2. The summed E-state index contributed by atoms with van der Waals surface area (Å²) in [7, 11) is 2.14. The van der Waals surface area contributed by atoms with Crippen LogP contribution in [0, 0.1) is 5.41 Å². The van der Waals surface area contributed by atoms with Crippen LogP contribution in [-0.4, -0.2) is 24.0 Å². The zero-order valence-corrected chi connectivity index (χ0v) is 13.7. The Morgan fingerprint density at radius 3 is 2.21 bits per heavy atom. The summed E-state index contributed by atoms with van der Waals surface area (Å²) < 4.78 is 0. The van der Waals surface area contributed by atoms with Crippen molar-refractivity contribution < 1.29 is 0 Å². The molecule has 0 fully saturated rings. The van der Waals surface area contributed by atoms with Crippen molar-refractivity contribution in [3.8, 4) is 0 Å². The van der Waals surface area contributed by atoms with Crippen LogP contribution in [-0.2, 0) is 0 Å². The summed E-state index contributed by atoms with van der Waals surface area (Å²) in [6, 6.07) is 8.77. The Hall–Kier alpha value is -0.570. The van der Waals surface area contributed by atoms with E-state index in [0.717, 1.165) is 5.02 Å². The number of likely N-dealkylation sites (N-methyl/N-ethyl adjacent to an activating group) is 1. The molecule has 1 aromatic carbocycles. The lowest BCUT2D eigenvalue weighted by atomic mass is 9.81. The maximum atomic E-state index is 6.20. The number of rotatable bonds is 4. The van der Waals surface area contributed by atoms with E-state index in [-0.39, 0.29) is 17.5 Å². The van der Waals surface area contributed by atoms with Gasteiger partial charge in [-0.15, -0.1) is 0 Å². The molecule has 0 saturated carbocycles. The Labute approximate surface area is 122 Å². The number of halogens is 1. The second-order valence-electron chi connectivity index (χ2n) is 6.57. The summed E-state index contributed by atoms with van der Waals surface area (Å²) in [5.74, 6) is 0. The molecule has 0 aliphatic heterocycles.